The molecule has 2 N–H and O–H groups in total. The molecule has 100 valence electrons. The summed E-state index contributed by atoms with van der Waals surface area (Å²) in [5.74, 6) is -0.0414. The van der Waals surface area contributed by atoms with E-state index < -0.39 is 0 Å². The van der Waals surface area contributed by atoms with Crippen LogP contribution in [0.5, 0.6) is 11.5 Å². The highest BCUT2D eigenvalue weighted by Gasteiger charge is 2.12. The summed E-state index contributed by atoms with van der Waals surface area (Å²) in [6.07, 6.45) is 0. The van der Waals surface area contributed by atoms with Crippen LogP contribution in [-0.4, -0.2) is 10.2 Å². The summed E-state index contributed by atoms with van der Waals surface area (Å²) in [6, 6.07) is 11.3. The van der Waals surface area contributed by atoms with E-state index in [0.717, 1.165) is 17.2 Å². The summed E-state index contributed by atoms with van der Waals surface area (Å²) in [4.78, 5) is 12.1. The highest BCUT2D eigenvalue weighted by molar-refractivity contribution is 5.85. The van der Waals surface area contributed by atoms with E-state index in [-0.39, 0.29) is 27.9 Å². The third-order valence-electron chi connectivity index (χ3n) is 3.10. The third kappa shape index (κ3) is 2.01. The highest BCUT2D eigenvalue weighted by Crippen LogP contribution is 2.30. The molecular formula is C16H12O4. The number of rotatable bonds is 1. The summed E-state index contributed by atoms with van der Waals surface area (Å²) in [5, 5.41) is 19.3. The second-order valence-corrected chi connectivity index (χ2v) is 4.68. The van der Waals surface area contributed by atoms with Crippen molar-refractivity contribution in [1.29, 1.82) is 0 Å². The Morgan fingerprint density at radius 2 is 1.85 bits per heavy atom. The topological polar surface area (TPSA) is 70.7 Å². The smallest absolute Gasteiger partial charge is 0.197 e. The largest absolute Gasteiger partial charge is 0.508 e. The average Bonchev–Trinajstić information content (AvgIpc) is 2.37. The zero-order chi connectivity index (χ0) is 14.3. The van der Waals surface area contributed by atoms with Gasteiger partial charge in [-0.25, -0.2) is 0 Å². The van der Waals surface area contributed by atoms with E-state index in [1.54, 1.807) is 0 Å². The Kier molecular flexibility index (Phi) is 2.71. The Morgan fingerprint density at radius 1 is 1.05 bits per heavy atom. The molecule has 20 heavy (non-hydrogen) atoms. The second-order valence-electron chi connectivity index (χ2n) is 4.68. The molecule has 0 aliphatic rings. The zero-order valence-corrected chi connectivity index (χ0v) is 10.8. The summed E-state index contributed by atoms with van der Waals surface area (Å²) < 4.78 is 5.63. The average molecular weight is 268 g/mol. The lowest BCUT2D eigenvalue weighted by molar-refractivity contribution is 0.452. The van der Waals surface area contributed by atoms with Crippen molar-refractivity contribution >= 4 is 11.0 Å². The van der Waals surface area contributed by atoms with Crippen LogP contribution in [-0.2, 0) is 0 Å². The maximum atomic E-state index is 12.1. The van der Waals surface area contributed by atoms with Crippen molar-refractivity contribution in [2.45, 2.75) is 6.92 Å². The van der Waals surface area contributed by atoms with Crippen LogP contribution < -0.4 is 5.43 Å². The lowest BCUT2D eigenvalue weighted by Crippen LogP contribution is -2.00. The van der Waals surface area contributed by atoms with Crippen LogP contribution in [0.3, 0.4) is 0 Å². The molecule has 0 aliphatic carbocycles. The van der Waals surface area contributed by atoms with E-state index in [1.165, 1.54) is 12.1 Å². The molecule has 3 rings (SSSR count). The Bertz CT molecular complexity index is 862. The van der Waals surface area contributed by atoms with Crippen molar-refractivity contribution in [3.8, 4) is 22.8 Å². The molecule has 0 bridgehead atoms. The Morgan fingerprint density at radius 3 is 2.60 bits per heavy atom. The molecule has 0 saturated heterocycles. The van der Waals surface area contributed by atoms with Crippen LogP contribution in [0, 0.1) is 6.92 Å². The van der Waals surface area contributed by atoms with Gasteiger partial charge in [0, 0.05) is 23.8 Å². The maximum Gasteiger partial charge on any atom is 0.197 e. The number of aromatic hydroxyl groups is 2. The summed E-state index contributed by atoms with van der Waals surface area (Å²) in [6.45, 7) is 1.94. The highest BCUT2D eigenvalue weighted by atomic mass is 16.3. The van der Waals surface area contributed by atoms with Crippen LogP contribution in [0.2, 0.25) is 0 Å². The van der Waals surface area contributed by atoms with Crippen LogP contribution >= 0.6 is 0 Å². The molecule has 0 atom stereocenters. The van der Waals surface area contributed by atoms with Crippen LogP contribution in [0.15, 0.2) is 51.7 Å². The van der Waals surface area contributed by atoms with Crippen LogP contribution in [0.1, 0.15) is 5.56 Å². The number of hydrogen-bond donors (Lipinski definition) is 2. The van der Waals surface area contributed by atoms with Gasteiger partial charge in [0.15, 0.2) is 5.43 Å². The predicted molar refractivity (Wildman–Crippen MR) is 76.0 cm³/mol. The molecule has 3 aromatic rings. The Labute approximate surface area is 114 Å². The van der Waals surface area contributed by atoms with Gasteiger partial charge >= 0.3 is 0 Å². The number of fused-ring (bicyclic) bond motifs is 1. The van der Waals surface area contributed by atoms with Gasteiger partial charge in [-0.1, -0.05) is 23.8 Å². The van der Waals surface area contributed by atoms with E-state index in [1.807, 2.05) is 31.2 Å². The number of hydrogen-bond acceptors (Lipinski definition) is 4. The van der Waals surface area contributed by atoms with Crippen LogP contribution in [0.4, 0.5) is 0 Å². The minimum Gasteiger partial charge on any atom is -0.508 e. The molecule has 0 amide bonds. The maximum absolute atomic E-state index is 12.1. The molecule has 0 saturated carbocycles. The summed E-state index contributed by atoms with van der Waals surface area (Å²) in [5.41, 5.74) is 1.63. The normalized spacial score (nSPS) is 10.8. The van der Waals surface area contributed by atoms with Crippen molar-refractivity contribution in [3.63, 3.8) is 0 Å². The minimum atomic E-state index is -0.347. The van der Waals surface area contributed by atoms with Gasteiger partial charge in [-0.2, -0.15) is 0 Å². The third-order valence-corrected chi connectivity index (χ3v) is 3.10. The minimum absolute atomic E-state index is 0.0687. The van der Waals surface area contributed by atoms with Gasteiger partial charge in [0.25, 0.3) is 0 Å². The van der Waals surface area contributed by atoms with Gasteiger partial charge in [0.1, 0.15) is 28.2 Å². The Hall–Kier alpha value is -2.75. The van der Waals surface area contributed by atoms with Gasteiger partial charge in [-0.3, -0.25) is 4.79 Å². The predicted octanol–water partition coefficient (Wildman–Crippen LogP) is 3.18. The first-order valence-corrected chi connectivity index (χ1v) is 6.11. The fourth-order valence-corrected chi connectivity index (χ4v) is 2.19. The standard InChI is InChI=1S/C16H12O4/c1-9-3-2-4-10(5-9)14-8-13(19)16-12(18)6-11(17)7-15(16)20-14/h2-8,17-18H,1H3. The molecular weight excluding hydrogens is 256 g/mol. The van der Waals surface area contributed by atoms with Crippen LogP contribution in [0.25, 0.3) is 22.3 Å². The van der Waals surface area contributed by atoms with E-state index >= 15 is 0 Å². The first-order chi connectivity index (χ1) is 9.54. The fourth-order valence-electron chi connectivity index (χ4n) is 2.19. The number of aryl methyl sites for hydroxylation is 1. The van der Waals surface area contributed by atoms with E-state index in [4.69, 9.17) is 4.42 Å². The molecule has 0 spiro atoms. The van der Waals surface area contributed by atoms with Crippen molar-refractivity contribution < 1.29 is 14.6 Å². The van der Waals surface area contributed by atoms with Crippen molar-refractivity contribution in [2.75, 3.05) is 0 Å². The summed E-state index contributed by atoms with van der Waals surface area (Å²) in [7, 11) is 0. The SMILES string of the molecule is Cc1cccc(-c2cc(=O)c3c(O)cc(O)cc3o2)c1. The fraction of sp³-hybridized carbons (Fsp3) is 0.0625. The van der Waals surface area contributed by atoms with Gasteiger partial charge in [0.05, 0.1) is 0 Å². The van der Waals surface area contributed by atoms with Crippen molar-refractivity contribution in [3.05, 3.63) is 58.3 Å². The van der Waals surface area contributed by atoms with E-state index in [2.05, 4.69) is 0 Å². The van der Waals surface area contributed by atoms with Crippen molar-refractivity contribution in [2.24, 2.45) is 0 Å². The number of phenolic OH excluding ortho intramolecular Hbond substituents is 2. The molecule has 0 radical (unpaired) electrons. The lowest BCUT2D eigenvalue weighted by atomic mass is 10.1. The Balaban J connectivity index is 2.32. The second kappa shape index (κ2) is 4.42. The molecule has 0 unspecified atom stereocenters. The zero-order valence-electron chi connectivity index (χ0n) is 10.8. The van der Waals surface area contributed by atoms with Gasteiger partial charge in [-0.05, 0) is 13.0 Å². The molecule has 2 aromatic carbocycles. The molecule has 0 fully saturated rings. The molecule has 4 heteroatoms. The van der Waals surface area contributed by atoms with Gasteiger partial charge in [-0.15, -0.1) is 0 Å². The van der Waals surface area contributed by atoms with Gasteiger partial charge < -0.3 is 14.6 Å². The molecule has 1 aromatic heterocycles. The number of phenols is 2. The van der Waals surface area contributed by atoms with Crippen molar-refractivity contribution in [1.82, 2.24) is 0 Å². The number of benzene rings is 2. The monoisotopic (exact) mass is 268 g/mol. The molecule has 0 aliphatic heterocycles. The van der Waals surface area contributed by atoms with E-state index in [9.17, 15) is 15.0 Å². The first-order valence-electron chi connectivity index (χ1n) is 6.11. The van der Waals surface area contributed by atoms with Gasteiger partial charge in [0.2, 0.25) is 0 Å². The quantitative estimate of drug-likeness (QED) is 0.711. The summed E-state index contributed by atoms with van der Waals surface area (Å²) >= 11 is 0. The molecule has 4 nitrogen and oxygen atoms in total. The lowest BCUT2D eigenvalue weighted by Gasteiger charge is -2.05. The first kappa shape index (κ1) is 12.3. The van der Waals surface area contributed by atoms with E-state index in [0.29, 0.717) is 5.76 Å². The molecule has 1 heterocycles.